The summed E-state index contributed by atoms with van der Waals surface area (Å²) in [5, 5.41) is 0. The molecule has 0 saturated carbocycles. The van der Waals surface area contributed by atoms with Crippen LogP contribution in [0.5, 0.6) is 0 Å². The molecule has 0 bridgehead atoms. The number of hydrogen-bond donors (Lipinski definition) is 0. The first kappa shape index (κ1) is 17.2. The normalized spacial score (nSPS) is 31.1. The van der Waals surface area contributed by atoms with Crippen LogP contribution in [0, 0.1) is 5.41 Å². The van der Waals surface area contributed by atoms with Crippen LogP contribution < -0.4 is 0 Å². The Balaban J connectivity index is 2.65. The van der Waals surface area contributed by atoms with Crippen molar-refractivity contribution in [3.05, 3.63) is 0 Å². The monoisotopic (exact) mass is 464 g/mol. The average Bonchev–Trinajstić information content (AvgIpc) is 2.34. The van der Waals surface area contributed by atoms with Crippen LogP contribution in [0.15, 0.2) is 0 Å². The second kappa shape index (κ2) is 8.44. The van der Waals surface area contributed by atoms with Crippen molar-refractivity contribution in [1.82, 2.24) is 0 Å². The van der Waals surface area contributed by atoms with Gasteiger partial charge in [0, 0.05) is 0 Å². The molecule has 18 heavy (non-hydrogen) atoms. The molecule has 2 nitrogen and oxygen atoms in total. The number of hydrogen-bond acceptors (Lipinski definition) is 2. The van der Waals surface area contributed by atoms with Gasteiger partial charge in [0.05, 0.1) is 0 Å². The molecule has 0 aromatic rings. The average molecular weight is 463 g/mol. The number of rotatable bonds is 7. The molecule has 1 aliphatic rings. The molecule has 0 aromatic carbocycles. The van der Waals surface area contributed by atoms with Crippen LogP contribution in [-0.4, -0.2) is 18.5 Å². The second-order valence-electron chi connectivity index (χ2n) is 5.88. The van der Waals surface area contributed by atoms with Gasteiger partial charge in [-0.15, -0.1) is 0 Å². The summed E-state index contributed by atoms with van der Waals surface area (Å²) in [6.07, 6.45) is 6.58. The standard InChI is InChI=1S/C14H27O2.ClH.Hg/c1-6-8-9-10-12-14(4,5)11(3)15-13(7-2)16-12;;/h11-13H,3,6-10H2,1-2,4-5H3;1H;/q;;+1/p-1/t11-,12+,13-;;/m1../s1. The van der Waals surface area contributed by atoms with E-state index < -0.39 is 23.3 Å². The van der Waals surface area contributed by atoms with Gasteiger partial charge in [-0.1, -0.05) is 0 Å². The molecule has 0 radical (unpaired) electrons. The van der Waals surface area contributed by atoms with Gasteiger partial charge in [0.15, 0.2) is 0 Å². The Bertz CT molecular complexity index is 236. The van der Waals surface area contributed by atoms with Gasteiger partial charge in [0.1, 0.15) is 0 Å². The molecule has 4 heteroatoms. The summed E-state index contributed by atoms with van der Waals surface area (Å²) >= 11 is -1.17. The second-order valence-corrected chi connectivity index (χ2v) is 12.9. The predicted molar refractivity (Wildman–Crippen MR) is 72.4 cm³/mol. The van der Waals surface area contributed by atoms with Crippen molar-refractivity contribution < 1.29 is 32.8 Å². The Kier molecular flexibility index (Phi) is 8.06. The molecular formula is C14H27ClHgO2. The SMILES string of the molecule is CCCCC[C@@H]1O[C@H](CC)O[C@H]([CH2][Hg][Cl])C1(C)C. The molecule has 0 N–H and O–H groups in total. The van der Waals surface area contributed by atoms with E-state index in [1.807, 2.05) is 0 Å². The zero-order valence-electron chi connectivity index (χ0n) is 12.4. The third-order valence-electron chi connectivity index (χ3n) is 4.07. The minimum atomic E-state index is -1.17. The third-order valence-corrected chi connectivity index (χ3v) is 8.87. The molecule has 0 spiro atoms. The van der Waals surface area contributed by atoms with E-state index in [1.165, 1.54) is 19.3 Å². The van der Waals surface area contributed by atoms with Gasteiger partial charge in [-0.25, -0.2) is 0 Å². The summed E-state index contributed by atoms with van der Waals surface area (Å²) in [5.74, 6) is 0. The van der Waals surface area contributed by atoms with Crippen LogP contribution in [0.1, 0.15) is 59.8 Å². The van der Waals surface area contributed by atoms with Gasteiger partial charge in [0.25, 0.3) is 0 Å². The van der Waals surface area contributed by atoms with Crippen LogP contribution in [0.3, 0.4) is 0 Å². The van der Waals surface area contributed by atoms with Crippen LogP contribution in [0.2, 0.25) is 3.93 Å². The first-order valence-electron chi connectivity index (χ1n) is 7.43. The van der Waals surface area contributed by atoms with Gasteiger partial charge >= 0.3 is 129 Å². The number of halogens is 1. The summed E-state index contributed by atoms with van der Waals surface area (Å²) in [6, 6.07) is 0. The van der Waals surface area contributed by atoms with E-state index in [9.17, 15) is 0 Å². The van der Waals surface area contributed by atoms with Gasteiger partial charge in [-0.2, -0.15) is 0 Å². The molecule has 0 aliphatic carbocycles. The van der Waals surface area contributed by atoms with Crippen molar-refractivity contribution >= 4 is 8.25 Å². The number of ether oxygens (including phenoxy) is 2. The quantitative estimate of drug-likeness (QED) is 0.400. The summed E-state index contributed by atoms with van der Waals surface area (Å²) in [5.41, 5.74) is 0.119. The van der Waals surface area contributed by atoms with E-state index >= 15 is 0 Å². The van der Waals surface area contributed by atoms with E-state index in [1.54, 1.807) is 0 Å². The fraction of sp³-hybridized carbons (Fsp3) is 1.00. The van der Waals surface area contributed by atoms with Gasteiger partial charge in [0.2, 0.25) is 0 Å². The fourth-order valence-corrected chi connectivity index (χ4v) is 8.64. The summed E-state index contributed by atoms with van der Waals surface area (Å²) in [4.78, 5) is 0. The van der Waals surface area contributed by atoms with Gasteiger partial charge in [-0.05, 0) is 0 Å². The topological polar surface area (TPSA) is 18.5 Å². The molecule has 1 heterocycles. The van der Waals surface area contributed by atoms with Crippen LogP contribution in [0.25, 0.3) is 0 Å². The van der Waals surface area contributed by atoms with Crippen LogP contribution in [0.4, 0.5) is 0 Å². The zero-order valence-corrected chi connectivity index (χ0v) is 18.6. The van der Waals surface area contributed by atoms with E-state index in [0.29, 0.717) is 12.2 Å². The van der Waals surface area contributed by atoms with Crippen molar-refractivity contribution in [2.24, 2.45) is 5.41 Å². The first-order valence-corrected chi connectivity index (χ1v) is 18.1. The van der Waals surface area contributed by atoms with Gasteiger partial charge < -0.3 is 0 Å². The van der Waals surface area contributed by atoms with E-state index in [4.69, 9.17) is 17.7 Å². The Labute approximate surface area is 128 Å². The molecular weight excluding hydrogens is 436 g/mol. The molecule has 104 valence electrons. The van der Waals surface area contributed by atoms with Crippen molar-refractivity contribution in [2.45, 2.75) is 82.2 Å². The van der Waals surface area contributed by atoms with Crippen LogP contribution in [-0.2, 0) is 32.8 Å². The predicted octanol–water partition coefficient (Wildman–Crippen LogP) is 4.77. The van der Waals surface area contributed by atoms with E-state index in [2.05, 4.69) is 27.7 Å². The minimum absolute atomic E-state index is 0.00809. The Morgan fingerprint density at radius 1 is 1.11 bits per heavy atom. The molecule has 0 amide bonds. The van der Waals surface area contributed by atoms with E-state index in [0.717, 1.165) is 16.8 Å². The van der Waals surface area contributed by atoms with Crippen molar-refractivity contribution in [1.29, 1.82) is 0 Å². The van der Waals surface area contributed by atoms with Crippen LogP contribution >= 0.6 is 8.25 Å². The molecule has 1 fully saturated rings. The zero-order chi connectivity index (χ0) is 13.6. The maximum absolute atomic E-state index is 6.13. The Hall–Kier alpha value is 1.15. The van der Waals surface area contributed by atoms with Crippen molar-refractivity contribution in [3.63, 3.8) is 0 Å². The van der Waals surface area contributed by atoms with Crippen molar-refractivity contribution in [3.8, 4) is 0 Å². The Morgan fingerprint density at radius 3 is 2.33 bits per heavy atom. The summed E-state index contributed by atoms with van der Waals surface area (Å²) in [7, 11) is 6.13. The molecule has 1 saturated heterocycles. The summed E-state index contributed by atoms with van der Waals surface area (Å²) < 4.78 is 13.3. The maximum atomic E-state index is 6.13. The molecule has 1 aliphatic heterocycles. The van der Waals surface area contributed by atoms with Crippen molar-refractivity contribution in [2.75, 3.05) is 0 Å². The molecule has 3 atom stereocenters. The molecule has 0 aromatic heterocycles. The fourth-order valence-electron chi connectivity index (χ4n) is 2.71. The number of unbranched alkanes of at least 4 members (excludes halogenated alkanes) is 2. The third kappa shape index (κ3) is 4.61. The summed E-state index contributed by atoms with van der Waals surface area (Å²) in [6.45, 7) is 8.96. The van der Waals surface area contributed by atoms with Gasteiger partial charge in [-0.3, -0.25) is 0 Å². The molecule has 0 unspecified atom stereocenters. The Morgan fingerprint density at radius 2 is 1.78 bits per heavy atom. The first-order chi connectivity index (χ1) is 8.56. The molecule has 1 rings (SSSR count). The van der Waals surface area contributed by atoms with E-state index in [-0.39, 0.29) is 11.7 Å².